The second-order valence-corrected chi connectivity index (χ2v) is 7.98. The molecule has 158 valence electrons. The molecular weight excluding hydrogens is 391 g/mol. The van der Waals surface area contributed by atoms with Gasteiger partial charge in [-0.05, 0) is 37.8 Å². The number of benzene rings is 1. The van der Waals surface area contributed by atoms with Crippen molar-refractivity contribution in [1.29, 1.82) is 5.26 Å². The Morgan fingerprint density at radius 2 is 2.13 bits per heavy atom. The van der Waals surface area contributed by atoms with Crippen molar-refractivity contribution in [1.82, 2.24) is 9.88 Å². The number of hydrogen-bond acceptors (Lipinski definition) is 6. The molecule has 0 bridgehead atoms. The highest BCUT2D eigenvalue weighted by molar-refractivity contribution is 5.96. The van der Waals surface area contributed by atoms with E-state index >= 15 is 4.39 Å². The molecule has 1 unspecified atom stereocenters. The van der Waals surface area contributed by atoms with Crippen molar-refractivity contribution in [2.75, 3.05) is 31.1 Å². The molecule has 1 aromatic heterocycles. The number of halogens is 1. The number of hydrogen-bond donors (Lipinski definition) is 3. The largest absolute Gasteiger partial charge is 0.504 e. The van der Waals surface area contributed by atoms with E-state index in [1.807, 2.05) is 0 Å². The molecule has 1 atom stereocenters. The van der Waals surface area contributed by atoms with Crippen LogP contribution in [0.15, 0.2) is 17.1 Å². The van der Waals surface area contributed by atoms with E-state index in [4.69, 9.17) is 5.26 Å². The van der Waals surface area contributed by atoms with Crippen molar-refractivity contribution in [3.05, 3.63) is 33.9 Å². The summed E-state index contributed by atoms with van der Waals surface area (Å²) in [5.74, 6) is -2.17. The Balaban J connectivity index is 1.71. The second-order valence-electron chi connectivity index (χ2n) is 7.98. The molecule has 0 radical (unpaired) electrons. The van der Waals surface area contributed by atoms with Crippen LogP contribution >= 0.6 is 0 Å². The number of pyridine rings is 1. The van der Waals surface area contributed by atoms with Crippen LogP contribution in [0.5, 0.6) is 5.75 Å². The van der Waals surface area contributed by atoms with Crippen LogP contribution in [0, 0.1) is 23.1 Å². The maximum atomic E-state index is 15.0. The Labute approximate surface area is 172 Å². The molecule has 1 saturated carbocycles. The summed E-state index contributed by atoms with van der Waals surface area (Å²) in [6.07, 6.45) is 4.11. The molecule has 9 heteroatoms. The number of carboxylic acid groups (broad SMARTS) is 1. The van der Waals surface area contributed by atoms with Crippen molar-refractivity contribution in [2.24, 2.45) is 5.92 Å². The lowest BCUT2D eigenvalue weighted by molar-refractivity contribution is 0.0694. The third kappa shape index (κ3) is 3.59. The van der Waals surface area contributed by atoms with Crippen molar-refractivity contribution >= 4 is 22.6 Å². The SMILES string of the molecule is N#CCCNCC1CCN(c2c(F)cc3c(=O)c(C(=O)O)cn(C4CC4)c3c2O)C1. The van der Waals surface area contributed by atoms with Crippen molar-refractivity contribution < 1.29 is 19.4 Å². The van der Waals surface area contributed by atoms with Gasteiger partial charge in [-0.25, -0.2) is 9.18 Å². The summed E-state index contributed by atoms with van der Waals surface area (Å²) in [6.45, 7) is 2.39. The fourth-order valence-electron chi connectivity index (χ4n) is 4.20. The fourth-order valence-corrected chi connectivity index (χ4v) is 4.20. The molecule has 1 aliphatic heterocycles. The van der Waals surface area contributed by atoms with Crippen LogP contribution in [0.2, 0.25) is 0 Å². The fraction of sp³-hybridized carbons (Fsp3) is 0.476. The van der Waals surface area contributed by atoms with E-state index in [-0.39, 0.29) is 34.3 Å². The zero-order valence-electron chi connectivity index (χ0n) is 16.4. The Kier molecular flexibility index (Phi) is 5.35. The first-order valence-corrected chi connectivity index (χ1v) is 10.1. The van der Waals surface area contributed by atoms with Gasteiger partial charge in [0.05, 0.1) is 17.0 Å². The van der Waals surface area contributed by atoms with Gasteiger partial charge in [0.15, 0.2) is 11.6 Å². The van der Waals surface area contributed by atoms with E-state index in [9.17, 15) is 19.8 Å². The van der Waals surface area contributed by atoms with Gasteiger partial charge >= 0.3 is 5.97 Å². The van der Waals surface area contributed by atoms with Crippen molar-refractivity contribution in [3.63, 3.8) is 0 Å². The van der Waals surface area contributed by atoms with E-state index in [1.54, 1.807) is 9.47 Å². The number of anilines is 1. The molecule has 30 heavy (non-hydrogen) atoms. The van der Waals surface area contributed by atoms with Gasteiger partial charge in [0, 0.05) is 38.3 Å². The number of carbonyl (C=O) groups is 1. The highest BCUT2D eigenvalue weighted by Crippen LogP contribution is 2.43. The highest BCUT2D eigenvalue weighted by Gasteiger charge is 2.32. The van der Waals surface area contributed by atoms with Crippen molar-refractivity contribution in [3.8, 4) is 11.8 Å². The van der Waals surface area contributed by atoms with Crippen LogP contribution < -0.4 is 15.6 Å². The number of aromatic hydroxyl groups is 1. The van der Waals surface area contributed by atoms with Crippen molar-refractivity contribution in [2.45, 2.75) is 31.7 Å². The molecular formula is C21H23FN4O4. The maximum Gasteiger partial charge on any atom is 0.341 e. The summed E-state index contributed by atoms with van der Waals surface area (Å²) in [5.41, 5.74) is -0.972. The molecule has 3 N–H and O–H groups in total. The third-order valence-electron chi connectivity index (χ3n) is 5.84. The van der Waals surface area contributed by atoms with E-state index in [2.05, 4.69) is 11.4 Å². The minimum atomic E-state index is -1.37. The standard InChI is InChI=1S/C21H23FN4O4/c22-16-8-14-17(26(13-2-3-13)11-15(19(14)27)21(29)30)20(28)18(16)25-7-4-12(10-25)9-24-6-1-5-23/h8,11-13,24,28H,1-4,6-7,9-10H2,(H,29,30). The number of phenolic OH excluding ortho intramolecular Hbond substituents is 1. The molecule has 2 heterocycles. The quantitative estimate of drug-likeness (QED) is 0.595. The Hall–Kier alpha value is -3.12. The van der Waals surface area contributed by atoms with E-state index in [0.717, 1.165) is 25.3 Å². The smallest absolute Gasteiger partial charge is 0.341 e. The van der Waals surface area contributed by atoms with Crippen LogP contribution in [0.4, 0.5) is 10.1 Å². The number of aromatic carboxylic acids is 1. The lowest BCUT2D eigenvalue weighted by Gasteiger charge is -2.23. The number of phenols is 1. The van der Waals surface area contributed by atoms with Gasteiger partial charge in [-0.15, -0.1) is 0 Å². The Morgan fingerprint density at radius 1 is 1.37 bits per heavy atom. The number of carboxylic acids is 1. The van der Waals surface area contributed by atoms with Gasteiger partial charge in [-0.2, -0.15) is 5.26 Å². The predicted octanol–water partition coefficient (Wildman–Crippen LogP) is 2.21. The molecule has 2 aliphatic rings. The van der Waals surface area contributed by atoms with Gasteiger partial charge in [-0.3, -0.25) is 4.79 Å². The summed E-state index contributed by atoms with van der Waals surface area (Å²) in [6, 6.07) is 3.12. The van der Waals surface area contributed by atoms with Crippen LogP contribution in [0.25, 0.3) is 10.9 Å². The summed E-state index contributed by atoms with van der Waals surface area (Å²) >= 11 is 0. The van der Waals surface area contributed by atoms with Crippen LogP contribution in [-0.2, 0) is 0 Å². The molecule has 1 aliphatic carbocycles. The average Bonchev–Trinajstić information content (AvgIpc) is 3.45. The Bertz CT molecular complexity index is 1100. The second kappa shape index (κ2) is 7.95. The van der Waals surface area contributed by atoms with E-state index in [1.165, 1.54) is 6.20 Å². The first kappa shape index (κ1) is 20.2. The summed E-state index contributed by atoms with van der Waals surface area (Å²) < 4.78 is 16.6. The topological polar surface area (TPSA) is 119 Å². The average molecular weight is 414 g/mol. The van der Waals surface area contributed by atoms with E-state index < -0.39 is 22.8 Å². The first-order valence-electron chi connectivity index (χ1n) is 10.1. The number of nitrogens with zero attached hydrogens (tertiary/aromatic N) is 3. The summed E-state index contributed by atoms with van der Waals surface area (Å²) in [4.78, 5) is 25.8. The van der Waals surface area contributed by atoms with Gasteiger partial charge in [0.1, 0.15) is 11.3 Å². The lowest BCUT2D eigenvalue weighted by atomic mass is 10.1. The Morgan fingerprint density at radius 3 is 2.80 bits per heavy atom. The predicted molar refractivity (Wildman–Crippen MR) is 108 cm³/mol. The van der Waals surface area contributed by atoms with Crippen LogP contribution in [0.3, 0.4) is 0 Å². The lowest BCUT2D eigenvalue weighted by Crippen LogP contribution is -2.27. The molecule has 4 rings (SSSR count). The van der Waals surface area contributed by atoms with Gasteiger partial charge in [-0.1, -0.05) is 0 Å². The van der Waals surface area contributed by atoms with Crippen LogP contribution in [-0.4, -0.2) is 46.9 Å². The molecule has 0 spiro atoms. The number of nitriles is 1. The van der Waals surface area contributed by atoms with E-state index in [0.29, 0.717) is 32.6 Å². The van der Waals surface area contributed by atoms with Gasteiger partial charge in [0.2, 0.25) is 5.43 Å². The minimum Gasteiger partial charge on any atom is -0.504 e. The molecule has 1 saturated heterocycles. The minimum absolute atomic E-state index is 0.00827. The maximum absolute atomic E-state index is 15.0. The highest BCUT2D eigenvalue weighted by atomic mass is 19.1. The normalized spacial score (nSPS) is 18.7. The molecule has 2 fully saturated rings. The number of aromatic nitrogens is 1. The monoisotopic (exact) mass is 414 g/mol. The first-order chi connectivity index (χ1) is 14.4. The summed E-state index contributed by atoms with van der Waals surface area (Å²) in [5, 5.41) is 32.0. The zero-order chi connectivity index (χ0) is 21.4. The molecule has 2 aromatic rings. The third-order valence-corrected chi connectivity index (χ3v) is 5.84. The van der Waals surface area contributed by atoms with Gasteiger partial charge in [0.25, 0.3) is 0 Å². The number of rotatable bonds is 7. The molecule has 8 nitrogen and oxygen atoms in total. The van der Waals surface area contributed by atoms with Gasteiger partial charge < -0.3 is 25.0 Å². The molecule has 0 amide bonds. The zero-order valence-corrected chi connectivity index (χ0v) is 16.4. The number of fused-ring (bicyclic) bond motifs is 1. The molecule has 1 aromatic carbocycles. The number of nitrogens with one attached hydrogen (secondary N) is 1. The summed E-state index contributed by atoms with van der Waals surface area (Å²) in [7, 11) is 0. The van der Waals surface area contributed by atoms with Crippen LogP contribution in [0.1, 0.15) is 42.1 Å².